The lowest BCUT2D eigenvalue weighted by Crippen LogP contribution is -2.06. The molecule has 1 rings (SSSR count). The van der Waals surface area contributed by atoms with Crippen molar-refractivity contribution in [1.29, 1.82) is 0 Å². The van der Waals surface area contributed by atoms with Crippen LogP contribution in [0.2, 0.25) is 0 Å². The van der Waals surface area contributed by atoms with Crippen molar-refractivity contribution in [3.63, 3.8) is 0 Å². The van der Waals surface area contributed by atoms with Gasteiger partial charge in [-0.1, -0.05) is 15.9 Å². The fourth-order valence-electron chi connectivity index (χ4n) is 0.990. The molecule has 0 radical (unpaired) electrons. The summed E-state index contributed by atoms with van der Waals surface area (Å²) in [5.41, 5.74) is 5.93. The van der Waals surface area contributed by atoms with Crippen LogP contribution in [0.5, 0.6) is 5.75 Å². The van der Waals surface area contributed by atoms with Gasteiger partial charge >= 0.3 is 0 Å². The highest BCUT2D eigenvalue weighted by molar-refractivity contribution is 9.10. The third kappa shape index (κ3) is 2.56. The maximum Gasteiger partial charge on any atom is 0.165 e. The van der Waals surface area contributed by atoms with E-state index in [1.165, 1.54) is 12.1 Å². The maximum atomic E-state index is 12.8. The monoisotopic (exact) mass is 269 g/mol. The van der Waals surface area contributed by atoms with Crippen LogP contribution in [0.15, 0.2) is 16.6 Å². The van der Waals surface area contributed by atoms with E-state index < -0.39 is 11.9 Å². The van der Waals surface area contributed by atoms with E-state index in [2.05, 4.69) is 15.9 Å². The molecule has 0 bridgehead atoms. The van der Waals surface area contributed by atoms with Crippen molar-refractivity contribution in [2.45, 2.75) is 13.0 Å². The van der Waals surface area contributed by atoms with Crippen LogP contribution in [0, 0.1) is 5.82 Å². The summed E-state index contributed by atoms with van der Waals surface area (Å²) in [6.07, 6.45) is 0. The molecule has 0 saturated heterocycles. The van der Waals surface area contributed by atoms with Crippen molar-refractivity contribution >= 4 is 28.3 Å². The van der Waals surface area contributed by atoms with Crippen molar-refractivity contribution in [3.8, 4) is 5.75 Å². The molecule has 0 saturated carbocycles. The van der Waals surface area contributed by atoms with Crippen LogP contribution in [0.25, 0.3) is 0 Å². The molecule has 0 aliphatic carbocycles. The summed E-state index contributed by atoms with van der Waals surface area (Å²) in [6.45, 7) is 1.68. The average molecular weight is 271 g/mol. The largest absolute Gasteiger partial charge is 0.505 e. The number of nitrogens with two attached hydrogens (primary N) is 1. The molecule has 0 spiro atoms. The highest BCUT2D eigenvalue weighted by atomic mass is 79.9. The van der Waals surface area contributed by atoms with Crippen LogP contribution in [0.3, 0.4) is 0 Å². The van der Waals surface area contributed by atoms with Crippen LogP contribution < -0.4 is 5.73 Å². The maximum absolute atomic E-state index is 12.8. The number of rotatable bonds is 1. The molecule has 1 atom stereocenters. The van der Waals surface area contributed by atoms with Crippen molar-refractivity contribution in [2.24, 2.45) is 5.73 Å². The second-order valence-corrected chi connectivity index (χ2v) is 3.43. The van der Waals surface area contributed by atoms with Gasteiger partial charge in [-0.2, -0.15) is 0 Å². The fourth-order valence-corrected chi connectivity index (χ4v) is 1.67. The first-order valence-electron chi connectivity index (χ1n) is 3.46. The van der Waals surface area contributed by atoms with Gasteiger partial charge in [-0.05, 0) is 19.1 Å². The molecule has 2 nitrogen and oxygen atoms in total. The van der Waals surface area contributed by atoms with Gasteiger partial charge in [0.1, 0.15) is 0 Å². The first-order chi connectivity index (χ1) is 5.54. The molecule has 1 aromatic rings. The molecule has 1 aromatic carbocycles. The Hall–Kier alpha value is -0.320. The molecule has 0 aliphatic heterocycles. The van der Waals surface area contributed by atoms with E-state index in [1.54, 1.807) is 6.92 Å². The SMILES string of the molecule is C[C@H](N)c1c(Br)ccc(F)c1O.Cl. The van der Waals surface area contributed by atoms with Crippen molar-refractivity contribution < 1.29 is 9.50 Å². The van der Waals surface area contributed by atoms with E-state index in [1.807, 2.05) is 0 Å². The molecular formula is C8H10BrClFNO. The molecule has 13 heavy (non-hydrogen) atoms. The molecule has 0 fully saturated rings. The summed E-state index contributed by atoms with van der Waals surface area (Å²) in [7, 11) is 0. The van der Waals surface area contributed by atoms with Gasteiger partial charge in [0, 0.05) is 16.1 Å². The summed E-state index contributed by atoms with van der Waals surface area (Å²) >= 11 is 3.18. The Balaban J connectivity index is 0.00000144. The van der Waals surface area contributed by atoms with Crippen LogP contribution in [-0.2, 0) is 0 Å². The van der Waals surface area contributed by atoms with Crippen LogP contribution in [-0.4, -0.2) is 5.11 Å². The Kier molecular flexibility index (Phi) is 4.67. The quantitative estimate of drug-likeness (QED) is 0.824. The third-order valence-electron chi connectivity index (χ3n) is 1.57. The van der Waals surface area contributed by atoms with Gasteiger partial charge in [0.2, 0.25) is 0 Å². The number of phenols is 1. The summed E-state index contributed by atoms with van der Waals surface area (Å²) in [6, 6.07) is 2.31. The number of benzene rings is 1. The third-order valence-corrected chi connectivity index (χ3v) is 2.26. The van der Waals surface area contributed by atoms with E-state index in [0.29, 0.717) is 10.0 Å². The predicted octanol–water partition coefficient (Wildman–Crippen LogP) is 2.74. The van der Waals surface area contributed by atoms with E-state index in [0.717, 1.165) is 0 Å². The second kappa shape index (κ2) is 4.79. The fraction of sp³-hybridized carbons (Fsp3) is 0.250. The molecule has 0 unspecified atom stereocenters. The van der Waals surface area contributed by atoms with Gasteiger partial charge in [0.15, 0.2) is 11.6 Å². The van der Waals surface area contributed by atoms with Gasteiger partial charge in [0.25, 0.3) is 0 Å². The lowest BCUT2D eigenvalue weighted by Gasteiger charge is -2.10. The van der Waals surface area contributed by atoms with Gasteiger partial charge in [-0.25, -0.2) is 4.39 Å². The molecule has 0 aliphatic rings. The minimum atomic E-state index is -0.648. The molecular weight excluding hydrogens is 260 g/mol. The summed E-state index contributed by atoms with van der Waals surface area (Å²) in [5.74, 6) is -1.02. The van der Waals surface area contributed by atoms with Crippen LogP contribution in [0.4, 0.5) is 4.39 Å². The van der Waals surface area contributed by atoms with Gasteiger partial charge in [-0.15, -0.1) is 12.4 Å². The molecule has 0 aromatic heterocycles. The molecule has 3 N–H and O–H groups in total. The standard InChI is InChI=1S/C8H9BrFNO.ClH/c1-4(11)7-5(9)2-3-6(10)8(7)12;/h2-4,12H,11H2,1H3;1H/t4-;/m0./s1. The molecule has 5 heteroatoms. The number of hydrogen-bond donors (Lipinski definition) is 2. The van der Waals surface area contributed by atoms with E-state index in [9.17, 15) is 9.50 Å². The highest BCUT2D eigenvalue weighted by Gasteiger charge is 2.13. The average Bonchev–Trinajstić information content (AvgIpc) is 1.97. The Bertz CT molecular complexity index is 306. The van der Waals surface area contributed by atoms with E-state index in [-0.39, 0.29) is 18.2 Å². The normalized spacial score (nSPS) is 12.0. The van der Waals surface area contributed by atoms with Gasteiger partial charge in [-0.3, -0.25) is 0 Å². The lowest BCUT2D eigenvalue weighted by molar-refractivity contribution is 0.421. The summed E-state index contributed by atoms with van der Waals surface area (Å²) in [5, 5.41) is 9.26. The van der Waals surface area contributed by atoms with Crippen LogP contribution >= 0.6 is 28.3 Å². The van der Waals surface area contributed by atoms with Gasteiger partial charge < -0.3 is 10.8 Å². The Morgan fingerprint density at radius 2 is 2.08 bits per heavy atom. The second-order valence-electron chi connectivity index (χ2n) is 2.58. The van der Waals surface area contributed by atoms with Gasteiger partial charge in [0.05, 0.1) is 0 Å². The molecule has 0 heterocycles. The number of hydrogen-bond acceptors (Lipinski definition) is 2. The Labute approximate surface area is 90.5 Å². The van der Waals surface area contributed by atoms with Crippen LogP contribution in [0.1, 0.15) is 18.5 Å². The first kappa shape index (κ1) is 12.7. The number of phenolic OH excluding ortho intramolecular Hbond substituents is 1. The zero-order valence-electron chi connectivity index (χ0n) is 6.92. The van der Waals surface area contributed by atoms with E-state index >= 15 is 0 Å². The molecule has 0 amide bonds. The highest BCUT2D eigenvalue weighted by Crippen LogP contribution is 2.32. The Morgan fingerprint density at radius 3 is 2.46 bits per heavy atom. The van der Waals surface area contributed by atoms with Crippen molar-refractivity contribution in [3.05, 3.63) is 28.0 Å². The zero-order chi connectivity index (χ0) is 9.30. The minimum Gasteiger partial charge on any atom is -0.505 e. The van der Waals surface area contributed by atoms with E-state index in [4.69, 9.17) is 5.73 Å². The minimum absolute atomic E-state index is 0. The molecule has 74 valence electrons. The predicted molar refractivity (Wildman–Crippen MR) is 55.6 cm³/mol. The Morgan fingerprint density at radius 1 is 1.54 bits per heavy atom. The first-order valence-corrected chi connectivity index (χ1v) is 4.25. The summed E-state index contributed by atoms with van der Waals surface area (Å²) < 4.78 is 13.4. The number of aromatic hydroxyl groups is 1. The summed E-state index contributed by atoms with van der Waals surface area (Å²) in [4.78, 5) is 0. The van der Waals surface area contributed by atoms with Crippen molar-refractivity contribution in [2.75, 3.05) is 0 Å². The smallest absolute Gasteiger partial charge is 0.165 e. The topological polar surface area (TPSA) is 46.2 Å². The zero-order valence-corrected chi connectivity index (χ0v) is 9.32. The van der Waals surface area contributed by atoms with Crippen molar-refractivity contribution in [1.82, 2.24) is 0 Å². The number of halogens is 3. The lowest BCUT2D eigenvalue weighted by atomic mass is 10.1.